The number of nitrogen functional groups attached to an aromatic ring is 1. The van der Waals surface area contributed by atoms with E-state index in [1.54, 1.807) is 12.1 Å². The third kappa shape index (κ3) is 7.66. The monoisotopic (exact) mass is 523 g/mol. The van der Waals surface area contributed by atoms with Crippen LogP contribution in [0.1, 0.15) is 70.6 Å². The molecule has 0 bridgehead atoms. The van der Waals surface area contributed by atoms with E-state index in [1.807, 2.05) is 66.7 Å². The van der Waals surface area contributed by atoms with Crippen molar-refractivity contribution in [1.82, 2.24) is 5.32 Å². The molecule has 39 heavy (non-hydrogen) atoms. The molecule has 1 fully saturated rings. The molecule has 1 saturated carbocycles. The number of amidine groups is 1. The molecule has 2 atom stereocenters. The van der Waals surface area contributed by atoms with Crippen LogP contribution in [0.4, 0.5) is 0 Å². The fourth-order valence-electron chi connectivity index (χ4n) is 5.27. The maximum Gasteiger partial charge on any atom is 0.311 e. The summed E-state index contributed by atoms with van der Waals surface area (Å²) < 4.78 is 5.17. The Kier molecular flexibility index (Phi) is 9.68. The van der Waals surface area contributed by atoms with Crippen molar-refractivity contribution < 1.29 is 14.3 Å². The lowest BCUT2D eigenvalue weighted by Crippen LogP contribution is -2.43. The molecule has 1 aliphatic rings. The van der Waals surface area contributed by atoms with Crippen LogP contribution in [-0.4, -0.2) is 30.9 Å². The van der Waals surface area contributed by atoms with E-state index in [-0.39, 0.29) is 11.7 Å². The number of amides is 1. The number of hydrogen-bond donors (Lipinski definition) is 3. The largest absolute Gasteiger partial charge is 0.469 e. The number of nitrogens with one attached hydrogen (secondary N) is 2. The number of esters is 1. The molecule has 1 amide bonds. The van der Waals surface area contributed by atoms with Gasteiger partial charge in [0.15, 0.2) is 0 Å². The Hall–Kier alpha value is -4.19. The number of hydrogen-bond acceptors (Lipinski definition) is 4. The molecule has 0 aromatic heterocycles. The Morgan fingerprint density at radius 3 is 2.36 bits per heavy atom. The van der Waals surface area contributed by atoms with E-state index in [1.165, 1.54) is 44.8 Å². The molecule has 202 valence electrons. The second kappa shape index (κ2) is 13.6. The van der Waals surface area contributed by atoms with E-state index in [2.05, 4.69) is 17.4 Å². The summed E-state index contributed by atoms with van der Waals surface area (Å²) in [7, 11) is 1.35. The summed E-state index contributed by atoms with van der Waals surface area (Å²) in [5, 5.41) is 10.8. The van der Waals surface area contributed by atoms with Gasteiger partial charge in [0, 0.05) is 11.1 Å². The van der Waals surface area contributed by atoms with Crippen LogP contribution in [0, 0.1) is 11.3 Å². The van der Waals surface area contributed by atoms with Gasteiger partial charge in [-0.2, -0.15) is 0 Å². The van der Waals surface area contributed by atoms with Gasteiger partial charge in [-0.25, -0.2) is 0 Å². The second-order valence-electron chi connectivity index (χ2n) is 10.2. The molecular weight excluding hydrogens is 486 g/mol. The van der Waals surface area contributed by atoms with Gasteiger partial charge < -0.3 is 15.8 Å². The van der Waals surface area contributed by atoms with Crippen LogP contribution < -0.4 is 11.1 Å². The maximum atomic E-state index is 13.4. The zero-order valence-corrected chi connectivity index (χ0v) is 22.4. The van der Waals surface area contributed by atoms with Crippen LogP contribution in [0.3, 0.4) is 0 Å². The highest BCUT2D eigenvalue weighted by atomic mass is 16.5. The van der Waals surface area contributed by atoms with E-state index < -0.39 is 17.9 Å². The van der Waals surface area contributed by atoms with Crippen LogP contribution in [0.2, 0.25) is 0 Å². The summed E-state index contributed by atoms with van der Waals surface area (Å²) in [6.07, 6.45) is 10.3. The molecule has 4 rings (SSSR count). The standard InChI is InChI=1S/C33H37N3O3/c1-39-33(38)29(22-24-11-8-14-28(21-24)31(34)35)30(20-15-23-9-4-2-5-10-23)36-32(37)27-18-16-26(17-19-27)25-12-6-3-7-13-25/h2,4-5,8-11,14-21,25,29-30H,3,6-7,12-13,22H2,1H3,(H3,34,35)(H,36,37)/b20-15+. The van der Waals surface area contributed by atoms with E-state index in [4.69, 9.17) is 15.9 Å². The SMILES string of the molecule is COC(=O)C(Cc1cccc(C(=N)N)c1)C(/C=C/c1ccccc1)NC(=O)c1ccc(C2CCCCC2)cc1. The van der Waals surface area contributed by atoms with Gasteiger partial charge in [-0.05, 0) is 60.1 Å². The van der Waals surface area contributed by atoms with Crippen molar-refractivity contribution in [3.05, 3.63) is 113 Å². The van der Waals surface area contributed by atoms with E-state index in [9.17, 15) is 9.59 Å². The van der Waals surface area contributed by atoms with Gasteiger partial charge in [0.25, 0.3) is 5.91 Å². The third-order valence-corrected chi connectivity index (χ3v) is 7.47. The second-order valence-corrected chi connectivity index (χ2v) is 10.2. The van der Waals surface area contributed by atoms with Crippen molar-refractivity contribution in [2.24, 2.45) is 11.7 Å². The molecule has 6 heteroatoms. The smallest absolute Gasteiger partial charge is 0.311 e. The Morgan fingerprint density at radius 2 is 1.69 bits per heavy atom. The number of carbonyl (C=O) groups excluding carboxylic acids is 2. The summed E-state index contributed by atoms with van der Waals surface area (Å²) >= 11 is 0. The molecule has 3 aromatic carbocycles. The minimum atomic E-state index is -0.692. The number of benzene rings is 3. The normalized spacial score (nSPS) is 15.4. The lowest BCUT2D eigenvalue weighted by molar-refractivity contribution is -0.145. The number of nitrogens with two attached hydrogens (primary N) is 1. The van der Waals surface area contributed by atoms with Crippen molar-refractivity contribution in [1.29, 1.82) is 5.41 Å². The molecular formula is C33H37N3O3. The van der Waals surface area contributed by atoms with Gasteiger partial charge in [0.1, 0.15) is 5.84 Å². The van der Waals surface area contributed by atoms with Crippen molar-refractivity contribution in [2.75, 3.05) is 7.11 Å². The number of carbonyl (C=O) groups is 2. The first-order valence-corrected chi connectivity index (χ1v) is 13.6. The van der Waals surface area contributed by atoms with Crippen molar-refractivity contribution in [3.8, 4) is 0 Å². The summed E-state index contributed by atoms with van der Waals surface area (Å²) in [4.78, 5) is 26.5. The number of rotatable bonds is 10. The van der Waals surface area contributed by atoms with Crippen molar-refractivity contribution in [3.63, 3.8) is 0 Å². The quantitative estimate of drug-likeness (QED) is 0.176. The summed E-state index contributed by atoms with van der Waals surface area (Å²) in [6, 6.07) is 24.2. The molecule has 0 heterocycles. The van der Waals surface area contributed by atoms with E-state index in [0.717, 1.165) is 11.1 Å². The van der Waals surface area contributed by atoms with Gasteiger partial charge in [0.05, 0.1) is 19.1 Å². The first kappa shape index (κ1) is 27.8. The Morgan fingerprint density at radius 1 is 0.974 bits per heavy atom. The van der Waals surface area contributed by atoms with E-state index >= 15 is 0 Å². The highest BCUT2D eigenvalue weighted by Gasteiger charge is 2.30. The van der Waals surface area contributed by atoms with Crippen molar-refractivity contribution >= 4 is 23.8 Å². The fraction of sp³-hybridized carbons (Fsp3) is 0.303. The molecule has 3 aromatic rings. The third-order valence-electron chi connectivity index (χ3n) is 7.47. The van der Waals surface area contributed by atoms with Gasteiger partial charge >= 0.3 is 5.97 Å². The average Bonchev–Trinajstić information content (AvgIpc) is 2.99. The molecule has 2 unspecified atom stereocenters. The van der Waals surface area contributed by atoms with Crippen LogP contribution >= 0.6 is 0 Å². The highest BCUT2D eigenvalue weighted by molar-refractivity contribution is 5.95. The van der Waals surface area contributed by atoms with Gasteiger partial charge in [-0.3, -0.25) is 15.0 Å². The molecule has 1 aliphatic carbocycles. The summed E-state index contributed by atoms with van der Waals surface area (Å²) in [5.74, 6) is -0.857. The zero-order chi connectivity index (χ0) is 27.6. The predicted molar refractivity (Wildman–Crippen MR) is 156 cm³/mol. The van der Waals surface area contributed by atoms with Crippen LogP contribution in [0.25, 0.3) is 6.08 Å². The molecule has 6 nitrogen and oxygen atoms in total. The lowest BCUT2D eigenvalue weighted by Gasteiger charge is -2.25. The van der Waals surface area contributed by atoms with Gasteiger partial charge in [-0.1, -0.05) is 92.1 Å². The van der Waals surface area contributed by atoms with E-state index in [0.29, 0.717) is 23.5 Å². The Labute approximate surface area is 230 Å². The molecule has 0 saturated heterocycles. The van der Waals surface area contributed by atoms with Gasteiger partial charge in [-0.15, -0.1) is 0 Å². The minimum absolute atomic E-state index is 0.0445. The highest BCUT2D eigenvalue weighted by Crippen LogP contribution is 2.32. The first-order chi connectivity index (χ1) is 18.9. The maximum absolute atomic E-state index is 13.4. The molecule has 0 spiro atoms. The van der Waals surface area contributed by atoms with Crippen molar-refractivity contribution in [2.45, 2.75) is 50.5 Å². The van der Waals surface area contributed by atoms with Crippen LogP contribution in [0.15, 0.2) is 84.9 Å². The first-order valence-electron chi connectivity index (χ1n) is 13.6. The Balaban J connectivity index is 1.60. The fourth-order valence-corrected chi connectivity index (χ4v) is 5.27. The lowest BCUT2D eigenvalue weighted by atomic mass is 9.84. The number of methoxy groups -OCH3 is 1. The van der Waals surface area contributed by atoms with Crippen LogP contribution in [-0.2, 0) is 16.0 Å². The predicted octanol–water partition coefficient (Wildman–Crippen LogP) is 5.86. The van der Waals surface area contributed by atoms with Crippen LogP contribution in [0.5, 0.6) is 0 Å². The van der Waals surface area contributed by atoms with Gasteiger partial charge in [0.2, 0.25) is 0 Å². The minimum Gasteiger partial charge on any atom is -0.469 e. The topological polar surface area (TPSA) is 105 Å². The number of ether oxygens (including phenoxy) is 1. The average molecular weight is 524 g/mol. The summed E-state index contributed by atoms with van der Waals surface area (Å²) in [5.41, 5.74) is 9.87. The zero-order valence-electron chi connectivity index (χ0n) is 22.4. The summed E-state index contributed by atoms with van der Waals surface area (Å²) in [6.45, 7) is 0. The molecule has 4 N–H and O–H groups in total. The molecule has 0 aliphatic heterocycles. The Bertz CT molecular complexity index is 1300. The molecule has 0 radical (unpaired) electrons.